The van der Waals surface area contributed by atoms with Crippen molar-refractivity contribution in [2.45, 2.75) is 6.92 Å². The molecule has 0 heterocycles. The van der Waals surface area contributed by atoms with E-state index in [4.69, 9.17) is 0 Å². The lowest BCUT2D eigenvalue weighted by Crippen LogP contribution is -2.19. The highest BCUT2D eigenvalue weighted by Crippen LogP contribution is 2.26. The third kappa shape index (κ3) is 4.67. The van der Waals surface area contributed by atoms with Gasteiger partial charge in [0.05, 0.1) is 11.1 Å². The molecule has 0 spiro atoms. The number of carbonyl (C=O) groups is 4. The predicted molar refractivity (Wildman–Crippen MR) is 117 cm³/mol. The Hall–Kier alpha value is -4.26. The first-order chi connectivity index (χ1) is 14.9. The van der Waals surface area contributed by atoms with Gasteiger partial charge < -0.3 is 15.7 Å². The van der Waals surface area contributed by atoms with Gasteiger partial charge in [-0.3, -0.25) is 19.2 Å². The molecule has 3 aromatic rings. The molecule has 2 amide bonds. The second-order valence-electron chi connectivity index (χ2n) is 6.93. The third-order valence-electron chi connectivity index (χ3n) is 4.73. The molecule has 156 valence electrons. The van der Waals surface area contributed by atoms with Crippen LogP contribution in [0.1, 0.15) is 47.0 Å². The number of phenols is 1. The summed E-state index contributed by atoms with van der Waals surface area (Å²) < 4.78 is 0. The van der Waals surface area contributed by atoms with Gasteiger partial charge in [0.2, 0.25) is 0 Å². The number of rotatable bonds is 6. The Morgan fingerprint density at radius 1 is 0.806 bits per heavy atom. The van der Waals surface area contributed by atoms with Gasteiger partial charge in [0.15, 0.2) is 12.6 Å². The van der Waals surface area contributed by atoms with Crippen LogP contribution in [0.4, 0.5) is 5.69 Å². The standard InChI is InChI=1S/C24H20N2O5/c1-14-7-19(11-20(29)8-14)26-24(31)21-6-5-15(9-18(21)13-28)16-3-4-17(12-27)22(10-16)23(30)25-2/h3-13,29H,1-2H3,(H,25,30)(H,26,31). The SMILES string of the molecule is CNC(=O)c1cc(-c2ccc(C(=O)Nc3cc(C)cc(O)c3)c(C=O)c2)ccc1C=O. The molecule has 3 rings (SSSR count). The van der Waals surface area contributed by atoms with Gasteiger partial charge in [-0.25, -0.2) is 0 Å². The molecule has 0 unspecified atom stereocenters. The molecule has 0 aromatic heterocycles. The van der Waals surface area contributed by atoms with Crippen molar-refractivity contribution < 1.29 is 24.3 Å². The molecule has 0 saturated carbocycles. The second-order valence-corrected chi connectivity index (χ2v) is 6.93. The first-order valence-electron chi connectivity index (χ1n) is 9.39. The number of hydrogen-bond acceptors (Lipinski definition) is 5. The molecule has 3 N–H and O–H groups in total. The minimum Gasteiger partial charge on any atom is -0.508 e. The summed E-state index contributed by atoms with van der Waals surface area (Å²) in [6, 6.07) is 14.1. The van der Waals surface area contributed by atoms with Crippen LogP contribution >= 0.6 is 0 Å². The van der Waals surface area contributed by atoms with Gasteiger partial charge in [-0.2, -0.15) is 0 Å². The highest BCUT2D eigenvalue weighted by atomic mass is 16.3. The lowest BCUT2D eigenvalue weighted by molar-refractivity contribution is 0.0956. The van der Waals surface area contributed by atoms with E-state index in [2.05, 4.69) is 10.6 Å². The van der Waals surface area contributed by atoms with Crippen LogP contribution in [0.5, 0.6) is 5.75 Å². The van der Waals surface area contributed by atoms with E-state index < -0.39 is 11.8 Å². The third-order valence-corrected chi connectivity index (χ3v) is 4.73. The van der Waals surface area contributed by atoms with E-state index in [1.54, 1.807) is 43.3 Å². The lowest BCUT2D eigenvalue weighted by atomic mass is 9.96. The number of aldehydes is 2. The zero-order valence-corrected chi connectivity index (χ0v) is 16.9. The maximum Gasteiger partial charge on any atom is 0.256 e. The maximum atomic E-state index is 12.7. The van der Waals surface area contributed by atoms with Crippen LogP contribution in [-0.4, -0.2) is 36.5 Å². The van der Waals surface area contributed by atoms with E-state index in [1.165, 1.54) is 25.2 Å². The molecule has 0 atom stereocenters. The van der Waals surface area contributed by atoms with Gasteiger partial charge in [0, 0.05) is 29.9 Å². The molecule has 31 heavy (non-hydrogen) atoms. The minimum absolute atomic E-state index is 0.0203. The summed E-state index contributed by atoms with van der Waals surface area (Å²) >= 11 is 0. The Bertz CT molecular complexity index is 1180. The zero-order valence-electron chi connectivity index (χ0n) is 16.9. The fourth-order valence-electron chi connectivity index (χ4n) is 3.25. The van der Waals surface area contributed by atoms with E-state index in [9.17, 15) is 24.3 Å². The van der Waals surface area contributed by atoms with Crippen LogP contribution in [0.15, 0.2) is 54.6 Å². The summed E-state index contributed by atoms with van der Waals surface area (Å²) in [6.45, 7) is 1.78. The van der Waals surface area contributed by atoms with Crippen LogP contribution in [-0.2, 0) is 0 Å². The Labute approximate surface area is 178 Å². The molecule has 0 saturated heterocycles. The van der Waals surface area contributed by atoms with Crippen LogP contribution in [0.25, 0.3) is 11.1 Å². The summed E-state index contributed by atoms with van der Waals surface area (Å²) in [5, 5.41) is 14.9. The van der Waals surface area contributed by atoms with Crippen LogP contribution in [0, 0.1) is 6.92 Å². The van der Waals surface area contributed by atoms with Gasteiger partial charge in [-0.05, 0) is 53.9 Å². The van der Waals surface area contributed by atoms with Crippen molar-refractivity contribution in [3.8, 4) is 16.9 Å². The molecule has 7 heteroatoms. The largest absolute Gasteiger partial charge is 0.508 e. The Morgan fingerprint density at radius 3 is 2.13 bits per heavy atom. The first-order valence-corrected chi connectivity index (χ1v) is 9.39. The van der Waals surface area contributed by atoms with Gasteiger partial charge in [-0.1, -0.05) is 18.2 Å². The average Bonchev–Trinajstić information content (AvgIpc) is 2.76. The van der Waals surface area contributed by atoms with Crippen molar-refractivity contribution in [3.05, 3.63) is 82.4 Å². The number of aromatic hydroxyl groups is 1. The molecule has 7 nitrogen and oxygen atoms in total. The Kier molecular flexibility index (Phi) is 6.26. The van der Waals surface area contributed by atoms with E-state index in [0.29, 0.717) is 29.4 Å². The number of hydrogen-bond donors (Lipinski definition) is 3. The number of amides is 2. The highest BCUT2D eigenvalue weighted by Gasteiger charge is 2.15. The molecule has 3 aromatic carbocycles. The number of phenolic OH excluding ortho intramolecular Hbond substituents is 1. The first kappa shape index (κ1) is 21.4. The number of benzene rings is 3. The fourth-order valence-corrected chi connectivity index (χ4v) is 3.25. The van der Waals surface area contributed by atoms with Crippen molar-refractivity contribution >= 4 is 30.1 Å². The fraction of sp³-hybridized carbons (Fsp3) is 0.0833. The molecule has 0 fully saturated rings. The second kappa shape index (κ2) is 9.04. The maximum absolute atomic E-state index is 12.7. The number of aryl methyl sites for hydroxylation is 1. The summed E-state index contributed by atoms with van der Waals surface area (Å²) in [6.07, 6.45) is 1.17. The molecule has 0 aliphatic heterocycles. The van der Waals surface area contributed by atoms with E-state index in [1.807, 2.05) is 0 Å². The van der Waals surface area contributed by atoms with Crippen molar-refractivity contribution in [3.63, 3.8) is 0 Å². The minimum atomic E-state index is -0.499. The van der Waals surface area contributed by atoms with Gasteiger partial charge in [0.1, 0.15) is 5.75 Å². The summed E-state index contributed by atoms with van der Waals surface area (Å²) in [7, 11) is 1.47. The molecule has 0 bridgehead atoms. The molecule has 0 radical (unpaired) electrons. The monoisotopic (exact) mass is 416 g/mol. The van der Waals surface area contributed by atoms with E-state index in [-0.39, 0.29) is 28.0 Å². The zero-order chi connectivity index (χ0) is 22.5. The van der Waals surface area contributed by atoms with Crippen molar-refractivity contribution in [2.24, 2.45) is 0 Å². The molecular weight excluding hydrogens is 396 g/mol. The molecule has 0 aliphatic carbocycles. The summed E-state index contributed by atoms with van der Waals surface area (Å²) in [5.41, 5.74) is 3.18. The number of nitrogens with one attached hydrogen (secondary N) is 2. The van der Waals surface area contributed by atoms with Gasteiger partial charge in [0.25, 0.3) is 11.8 Å². The summed E-state index contributed by atoms with van der Waals surface area (Å²) in [4.78, 5) is 47.6. The lowest BCUT2D eigenvalue weighted by Gasteiger charge is -2.11. The smallest absolute Gasteiger partial charge is 0.256 e. The predicted octanol–water partition coefficient (Wildman–Crippen LogP) is 3.60. The van der Waals surface area contributed by atoms with Crippen molar-refractivity contribution in [1.29, 1.82) is 0 Å². The van der Waals surface area contributed by atoms with Crippen molar-refractivity contribution in [1.82, 2.24) is 5.32 Å². The number of carbonyl (C=O) groups excluding carboxylic acids is 4. The number of anilines is 1. The average molecular weight is 416 g/mol. The van der Waals surface area contributed by atoms with Crippen LogP contribution in [0.2, 0.25) is 0 Å². The Balaban J connectivity index is 1.96. The van der Waals surface area contributed by atoms with Gasteiger partial charge in [-0.15, -0.1) is 0 Å². The molecule has 0 aliphatic rings. The van der Waals surface area contributed by atoms with Crippen molar-refractivity contribution in [2.75, 3.05) is 12.4 Å². The van der Waals surface area contributed by atoms with E-state index in [0.717, 1.165) is 5.56 Å². The van der Waals surface area contributed by atoms with E-state index >= 15 is 0 Å². The van der Waals surface area contributed by atoms with Crippen LogP contribution in [0.3, 0.4) is 0 Å². The Morgan fingerprint density at radius 2 is 1.48 bits per heavy atom. The van der Waals surface area contributed by atoms with Crippen LogP contribution < -0.4 is 10.6 Å². The quantitative estimate of drug-likeness (QED) is 0.532. The van der Waals surface area contributed by atoms with Gasteiger partial charge >= 0.3 is 0 Å². The topological polar surface area (TPSA) is 113 Å². The normalized spacial score (nSPS) is 10.3. The molecular formula is C24H20N2O5. The highest BCUT2D eigenvalue weighted by molar-refractivity contribution is 6.09. The summed E-state index contributed by atoms with van der Waals surface area (Å²) in [5.74, 6) is -0.884.